The molecule has 0 radical (unpaired) electrons. The maximum absolute atomic E-state index is 12.1. The van der Waals surface area contributed by atoms with Crippen molar-refractivity contribution in [2.45, 2.75) is 53.1 Å². The third kappa shape index (κ3) is 5.59. The summed E-state index contributed by atoms with van der Waals surface area (Å²) in [6.45, 7) is 7.45. The molecule has 0 amide bonds. The SMILES string of the molecule is CCc1nc(C)ccc1OC(=O)C[C@H](O)C(=O)Oc1ccc(C)nc1CC. The van der Waals surface area contributed by atoms with E-state index in [-0.39, 0.29) is 5.75 Å². The van der Waals surface area contributed by atoms with Crippen molar-refractivity contribution < 1.29 is 24.2 Å². The van der Waals surface area contributed by atoms with Crippen molar-refractivity contribution in [3.05, 3.63) is 47.0 Å². The molecule has 2 rings (SSSR count). The third-order valence-corrected chi connectivity index (χ3v) is 3.88. The van der Waals surface area contributed by atoms with Crippen LogP contribution in [0.2, 0.25) is 0 Å². The molecular weight excluding hydrogens is 348 g/mol. The van der Waals surface area contributed by atoms with E-state index in [9.17, 15) is 14.7 Å². The predicted octanol–water partition coefficient (Wildman–Crippen LogP) is 2.48. The van der Waals surface area contributed by atoms with Crippen molar-refractivity contribution in [2.24, 2.45) is 0 Å². The molecule has 27 heavy (non-hydrogen) atoms. The Morgan fingerprint density at radius 1 is 0.926 bits per heavy atom. The second kappa shape index (κ2) is 9.23. The number of carbonyl (C=O) groups is 2. The summed E-state index contributed by atoms with van der Waals surface area (Å²) in [5.41, 5.74) is 2.86. The Hall–Kier alpha value is -2.80. The van der Waals surface area contributed by atoms with E-state index in [1.165, 1.54) is 0 Å². The zero-order chi connectivity index (χ0) is 20.0. The van der Waals surface area contributed by atoms with E-state index in [1.807, 2.05) is 27.7 Å². The average Bonchev–Trinajstić information content (AvgIpc) is 2.64. The first-order valence-corrected chi connectivity index (χ1v) is 8.87. The molecule has 0 aliphatic rings. The molecule has 0 aliphatic carbocycles. The number of aromatic nitrogens is 2. The van der Waals surface area contributed by atoms with Gasteiger partial charge in [-0.25, -0.2) is 4.79 Å². The van der Waals surface area contributed by atoms with Gasteiger partial charge in [-0.1, -0.05) is 13.8 Å². The van der Waals surface area contributed by atoms with Gasteiger partial charge in [0.25, 0.3) is 0 Å². The van der Waals surface area contributed by atoms with Crippen LogP contribution in [0.25, 0.3) is 0 Å². The van der Waals surface area contributed by atoms with Crippen molar-refractivity contribution in [3.8, 4) is 11.5 Å². The average molecular weight is 372 g/mol. The van der Waals surface area contributed by atoms with Crippen molar-refractivity contribution in [3.63, 3.8) is 0 Å². The van der Waals surface area contributed by atoms with Gasteiger partial charge in [0, 0.05) is 11.4 Å². The number of carbonyl (C=O) groups excluding carboxylic acids is 2. The lowest BCUT2D eigenvalue weighted by Crippen LogP contribution is -2.30. The van der Waals surface area contributed by atoms with Gasteiger partial charge in [-0.05, 0) is 51.0 Å². The number of hydrogen-bond acceptors (Lipinski definition) is 7. The lowest BCUT2D eigenvalue weighted by atomic mass is 10.2. The molecule has 0 fully saturated rings. The Bertz CT molecular complexity index is 835. The van der Waals surface area contributed by atoms with E-state index in [2.05, 4.69) is 9.97 Å². The van der Waals surface area contributed by atoms with Crippen LogP contribution < -0.4 is 9.47 Å². The minimum atomic E-state index is -1.63. The molecule has 2 aromatic rings. The largest absolute Gasteiger partial charge is 0.424 e. The van der Waals surface area contributed by atoms with Crippen LogP contribution in [0.15, 0.2) is 24.3 Å². The van der Waals surface area contributed by atoms with Crippen LogP contribution in [0, 0.1) is 13.8 Å². The molecule has 1 N–H and O–H groups in total. The summed E-state index contributed by atoms with van der Waals surface area (Å²) in [5, 5.41) is 10.0. The standard InChI is InChI=1S/C20H24N2O5/c1-5-14-17(9-7-12(3)21-14)26-19(24)11-16(23)20(25)27-18-10-8-13(4)22-15(18)6-2/h7-10,16,23H,5-6,11H2,1-4H3/t16-/m0/s1. The number of ether oxygens (including phenoxy) is 2. The molecule has 7 heteroatoms. The van der Waals surface area contributed by atoms with Gasteiger partial charge in [-0.3, -0.25) is 14.8 Å². The number of hydrogen-bond donors (Lipinski definition) is 1. The van der Waals surface area contributed by atoms with Gasteiger partial charge in [-0.2, -0.15) is 0 Å². The van der Waals surface area contributed by atoms with Crippen molar-refractivity contribution in [2.75, 3.05) is 0 Å². The van der Waals surface area contributed by atoms with Gasteiger partial charge in [0.05, 0.1) is 17.8 Å². The number of esters is 2. The summed E-state index contributed by atoms with van der Waals surface area (Å²) >= 11 is 0. The van der Waals surface area contributed by atoms with E-state index in [4.69, 9.17) is 9.47 Å². The fourth-order valence-corrected chi connectivity index (χ4v) is 2.47. The molecule has 0 bridgehead atoms. The first-order chi connectivity index (χ1) is 12.8. The van der Waals surface area contributed by atoms with Crippen LogP contribution in [0.5, 0.6) is 11.5 Å². The number of nitrogens with zero attached hydrogens (tertiary/aromatic N) is 2. The highest BCUT2D eigenvalue weighted by Crippen LogP contribution is 2.20. The lowest BCUT2D eigenvalue weighted by Gasteiger charge is -2.13. The van der Waals surface area contributed by atoms with Gasteiger partial charge in [0.15, 0.2) is 17.6 Å². The van der Waals surface area contributed by atoms with E-state index in [1.54, 1.807) is 24.3 Å². The fourth-order valence-electron chi connectivity index (χ4n) is 2.47. The number of rotatable bonds is 7. The summed E-state index contributed by atoms with van der Waals surface area (Å²) < 4.78 is 10.4. The van der Waals surface area contributed by atoms with Crippen LogP contribution in [0.1, 0.15) is 43.0 Å². The van der Waals surface area contributed by atoms with Crippen LogP contribution in [0.4, 0.5) is 0 Å². The van der Waals surface area contributed by atoms with E-state index < -0.39 is 24.5 Å². The Balaban J connectivity index is 1.99. The van der Waals surface area contributed by atoms with E-state index in [0.29, 0.717) is 30.0 Å². The summed E-state index contributed by atoms with van der Waals surface area (Å²) in [6, 6.07) is 6.70. The zero-order valence-corrected chi connectivity index (χ0v) is 16.0. The summed E-state index contributed by atoms with van der Waals surface area (Å²) in [6.07, 6.45) is -0.985. The summed E-state index contributed by atoms with van der Waals surface area (Å²) in [5.74, 6) is -1.07. The predicted molar refractivity (Wildman–Crippen MR) is 98.6 cm³/mol. The molecule has 7 nitrogen and oxygen atoms in total. The molecule has 0 spiro atoms. The molecule has 144 valence electrons. The van der Waals surface area contributed by atoms with Gasteiger partial charge in [0.2, 0.25) is 0 Å². The minimum absolute atomic E-state index is 0.275. The van der Waals surface area contributed by atoms with E-state index >= 15 is 0 Å². The Morgan fingerprint density at radius 2 is 1.41 bits per heavy atom. The van der Waals surface area contributed by atoms with Crippen LogP contribution in [-0.2, 0) is 22.4 Å². The fraction of sp³-hybridized carbons (Fsp3) is 0.400. The van der Waals surface area contributed by atoms with Crippen LogP contribution >= 0.6 is 0 Å². The second-order valence-corrected chi connectivity index (χ2v) is 6.12. The Labute approximate surface area is 158 Å². The summed E-state index contributed by atoms with van der Waals surface area (Å²) in [4.78, 5) is 32.8. The molecule has 0 saturated heterocycles. The Morgan fingerprint density at radius 3 is 1.89 bits per heavy atom. The minimum Gasteiger partial charge on any atom is -0.424 e. The third-order valence-electron chi connectivity index (χ3n) is 3.88. The maximum Gasteiger partial charge on any atom is 0.341 e. The number of aryl methyl sites for hydroxylation is 4. The quantitative estimate of drug-likeness (QED) is 0.746. The highest BCUT2D eigenvalue weighted by atomic mass is 16.6. The van der Waals surface area contributed by atoms with Crippen LogP contribution in [-0.4, -0.2) is 33.1 Å². The van der Waals surface area contributed by atoms with Crippen molar-refractivity contribution in [1.29, 1.82) is 0 Å². The zero-order valence-electron chi connectivity index (χ0n) is 16.0. The van der Waals surface area contributed by atoms with Gasteiger partial charge in [-0.15, -0.1) is 0 Å². The van der Waals surface area contributed by atoms with Gasteiger partial charge in [0.1, 0.15) is 0 Å². The maximum atomic E-state index is 12.1. The topological polar surface area (TPSA) is 98.6 Å². The molecule has 1 atom stereocenters. The molecule has 0 aromatic carbocycles. The molecule has 0 saturated carbocycles. The first-order valence-electron chi connectivity index (χ1n) is 8.87. The van der Waals surface area contributed by atoms with Crippen LogP contribution in [0.3, 0.4) is 0 Å². The highest BCUT2D eigenvalue weighted by molar-refractivity contribution is 5.84. The molecular formula is C20H24N2O5. The number of aliphatic hydroxyl groups excluding tert-OH is 1. The molecule has 2 heterocycles. The van der Waals surface area contributed by atoms with Gasteiger partial charge < -0.3 is 14.6 Å². The highest BCUT2D eigenvalue weighted by Gasteiger charge is 2.24. The molecule has 0 unspecified atom stereocenters. The molecule has 2 aromatic heterocycles. The Kier molecular flexibility index (Phi) is 7.01. The monoisotopic (exact) mass is 372 g/mol. The number of aliphatic hydroxyl groups is 1. The van der Waals surface area contributed by atoms with E-state index in [0.717, 1.165) is 11.4 Å². The smallest absolute Gasteiger partial charge is 0.341 e. The molecule has 0 aliphatic heterocycles. The van der Waals surface area contributed by atoms with Gasteiger partial charge >= 0.3 is 11.9 Å². The first kappa shape index (κ1) is 20.5. The second-order valence-electron chi connectivity index (χ2n) is 6.12. The normalized spacial score (nSPS) is 11.7. The van der Waals surface area contributed by atoms with Crippen molar-refractivity contribution in [1.82, 2.24) is 9.97 Å². The lowest BCUT2D eigenvalue weighted by molar-refractivity contribution is -0.149. The van der Waals surface area contributed by atoms with Crippen molar-refractivity contribution >= 4 is 11.9 Å². The number of pyridine rings is 2. The summed E-state index contributed by atoms with van der Waals surface area (Å²) in [7, 11) is 0.